The molecule has 0 aliphatic carbocycles. The van der Waals surface area contributed by atoms with Crippen LogP contribution in [0.3, 0.4) is 0 Å². The van der Waals surface area contributed by atoms with Gasteiger partial charge in [0.1, 0.15) is 0 Å². The van der Waals surface area contributed by atoms with Crippen molar-refractivity contribution >= 4 is 11.5 Å². The predicted molar refractivity (Wildman–Crippen MR) is 153 cm³/mol. The number of unbranched alkanes of at least 4 members (excludes halogenated alkanes) is 1. The van der Waals surface area contributed by atoms with Gasteiger partial charge >= 0.3 is 0 Å². The van der Waals surface area contributed by atoms with Crippen molar-refractivity contribution in [3.8, 4) is 0 Å². The predicted octanol–water partition coefficient (Wildman–Crippen LogP) is 9.16. The van der Waals surface area contributed by atoms with Crippen LogP contribution in [0.15, 0.2) is 84.9 Å². The summed E-state index contributed by atoms with van der Waals surface area (Å²) in [6.07, 6.45) is 7.79. The van der Waals surface area contributed by atoms with E-state index in [1.165, 1.54) is 43.2 Å². The minimum absolute atomic E-state index is 0.270. The summed E-state index contributed by atoms with van der Waals surface area (Å²) < 4.78 is 0. The summed E-state index contributed by atoms with van der Waals surface area (Å²) in [5.41, 5.74) is 4.75. The van der Waals surface area contributed by atoms with Crippen LogP contribution in [-0.2, 0) is 0 Å². The average Bonchev–Trinajstić information content (AvgIpc) is 2.91. The van der Waals surface area contributed by atoms with Crippen molar-refractivity contribution in [2.24, 2.45) is 5.92 Å². The Bertz CT molecular complexity index is 921. The lowest BCUT2D eigenvalue weighted by Crippen LogP contribution is -2.14. The van der Waals surface area contributed by atoms with E-state index in [4.69, 9.17) is 0 Å². The number of anilines is 1. The molecule has 0 unspecified atom stereocenters. The summed E-state index contributed by atoms with van der Waals surface area (Å²) >= 11 is 0. The standard InChI is InChI=1S/C17H20.C16H25NO/c1-2-3-14-17(15-10-6-4-7-11-15)16-12-8-5-9-13-16;1-5-13(6-2)11-12-16(18)14-9-7-8-10-15(14)17(3)4/h4-13,17H,2-3,14H2,1H3;7-10,13H,5-6,11-12H2,1-4H3. The van der Waals surface area contributed by atoms with E-state index >= 15 is 0 Å². The van der Waals surface area contributed by atoms with E-state index in [9.17, 15) is 4.79 Å². The van der Waals surface area contributed by atoms with E-state index in [0.29, 0.717) is 18.3 Å². The minimum Gasteiger partial charge on any atom is -0.377 e. The van der Waals surface area contributed by atoms with Crippen LogP contribution in [0, 0.1) is 5.92 Å². The number of para-hydroxylation sites is 1. The number of ketones is 1. The maximum absolute atomic E-state index is 12.3. The summed E-state index contributed by atoms with van der Waals surface area (Å²) in [4.78, 5) is 14.3. The van der Waals surface area contributed by atoms with Crippen molar-refractivity contribution in [1.29, 1.82) is 0 Å². The maximum Gasteiger partial charge on any atom is 0.164 e. The lowest BCUT2D eigenvalue weighted by atomic mass is 9.87. The van der Waals surface area contributed by atoms with Crippen molar-refractivity contribution in [2.45, 2.75) is 71.6 Å². The first-order valence-corrected chi connectivity index (χ1v) is 13.4. The number of nitrogens with zero attached hydrogens (tertiary/aromatic N) is 1. The zero-order valence-corrected chi connectivity index (χ0v) is 22.5. The van der Waals surface area contributed by atoms with Crippen LogP contribution in [0.1, 0.15) is 93.1 Å². The van der Waals surface area contributed by atoms with Crippen molar-refractivity contribution in [3.63, 3.8) is 0 Å². The van der Waals surface area contributed by atoms with E-state index in [2.05, 4.69) is 81.4 Å². The molecule has 0 saturated carbocycles. The Kier molecular flexibility index (Phi) is 12.9. The Morgan fingerprint density at radius 3 is 1.71 bits per heavy atom. The molecule has 188 valence electrons. The first-order valence-electron chi connectivity index (χ1n) is 13.4. The Balaban J connectivity index is 0.000000247. The van der Waals surface area contributed by atoms with Crippen molar-refractivity contribution in [2.75, 3.05) is 19.0 Å². The summed E-state index contributed by atoms with van der Waals surface area (Å²) in [7, 11) is 3.96. The maximum atomic E-state index is 12.3. The van der Waals surface area contributed by atoms with Crippen LogP contribution < -0.4 is 4.90 Å². The van der Waals surface area contributed by atoms with E-state index in [1.807, 2.05) is 43.3 Å². The van der Waals surface area contributed by atoms with Crippen LogP contribution in [0.4, 0.5) is 5.69 Å². The fraction of sp³-hybridized carbons (Fsp3) is 0.424. The Hall–Kier alpha value is -2.87. The molecular formula is C33H45NO. The zero-order chi connectivity index (χ0) is 25.5. The second-order valence-corrected chi connectivity index (χ2v) is 9.57. The largest absolute Gasteiger partial charge is 0.377 e. The number of hydrogen-bond acceptors (Lipinski definition) is 2. The molecule has 0 N–H and O–H groups in total. The van der Waals surface area contributed by atoms with Crippen LogP contribution in [0.5, 0.6) is 0 Å². The molecule has 35 heavy (non-hydrogen) atoms. The van der Waals surface area contributed by atoms with Crippen molar-refractivity contribution < 1.29 is 4.79 Å². The minimum atomic E-state index is 0.270. The van der Waals surface area contributed by atoms with E-state index < -0.39 is 0 Å². The van der Waals surface area contributed by atoms with E-state index in [-0.39, 0.29) is 5.78 Å². The third-order valence-corrected chi connectivity index (χ3v) is 6.87. The Morgan fingerprint density at radius 2 is 1.23 bits per heavy atom. The normalized spacial score (nSPS) is 10.7. The highest BCUT2D eigenvalue weighted by Gasteiger charge is 2.14. The van der Waals surface area contributed by atoms with Gasteiger partial charge in [0.15, 0.2) is 5.78 Å². The van der Waals surface area contributed by atoms with E-state index in [1.54, 1.807) is 0 Å². The Morgan fingerprint density at radius 1 is 0.714 bits per heavy atom. The summed E-state index contributed by atoms with van der Waals surface area (Å²) in [6.45, 7) is 6.66. The van der Waals surface area contributed by atoms with Crippen molar-refractivity contribution in [3.05, 3.63) is 102 Å². The molecular weight excluding hydrogens is 426 g/mol. The molecule has 0 heterocycles. The lowest BCUT2D eigenvalue weighted by Gasteiger charge is -2.17. The van der Waals surface area contributed by atoms with Gasteiger partial charge < -0.3 is 4.90 Å². The third-order valence-electron chi connectivity index (χ3n) is 6.87. The van der Waals surface area contributed by atoms with Crippen LogP contribution in [0.2, 0.25) is 0 Å². The van der Waals surface area contributed by atoms with Gasteiger partial charge in [-0.3, -0.25) is 4.79 Å². The fourth-order valence-electron chi connectivity index (χ4n) is 4.57. The smallest absolute Gasteiger partial charge is 0.164 e. The van der Waals surface area contributed by atoms with E-state index in [0.717, 1.165) is 17.7 Å². The first kappa shape index (κ1) is 28.4. The molecule has 0 amide bonds. The van der Waals surface area contributed by atoms with Gasteiger partial charge in [-0.05, 0) is 42.0 Å². The lowest BCUT2D eigenvalue weighted by molar-refractivity contribution is 0.0973. The summed E-state index contributed by atoms with van der Waals surface area (Å²) in [5, 5.41) is 0. The average molecular weight is 472 g/mol. The van der Waals surface area contributed by atoms with Gasteiger partial charge in [-0.25, -0.2) is 0 Å². The molecule has 0 radical (unpaired) electrons. The molecule has 0 bridgehead atoms. The van der Waals surface area contributed by atoms with Gasteiger partial charge in [-0.2, -0.15) is 0 Å². The second-order valence-electron chi connectivity index (χ2n) is 9.57. The number of Topliss-reactive ketones (excluding diaryl/α,β-unsaturated/α-hetero) is 1. The second kappa shape index (κ2) is 15.9. The number of carbonyl (C=O) groups is 1. The molecule has 0 aliphatic heterocycles. The third kappa shape index (κ3) is 9.36. The highest BCUT2D eigenvalue weighted by Crippen LogP contribution is 2.29. The molecule has 3 rings (SSSR count). The zero-order valence-electron chi connectivity index (χ0n) is 22.5. The van der Waals surface area contributed by atoms with Crippen molar-refractivity contribution in [1.82, 2.24) is 0 Å². The van der Waals surface area contributed by atoms with Crippen LogP contribution in [0.25, 0.3) is 0 Å². The number of carbonyl (C=O) groups excluding carboxylic acids is 1. The highest BCUT2D eigenvalue weighted by atomic mass is 16.1. The number of rotatable bonds is 12. The Labute approximate surface area is 214 Å². The van der Waals surface area contributed by atoms with Crippen LogP contribution >= 0.6 is 0 Å². The van der Waals surface area contributed by atoms with Gasteiger partial charge in [0.05, 0.1) is 0 Å². The van der Waals surface area contributed by atoms with Crippen LogP contribution in [-0.4, -0.2) is 19.9 Å². The molecule has 0 spiro atoms. The molecule has 3 aromatic carbocycles. The molecule has 0 saturated heterocycles. The van der Waals surface area contributed by atoms with Gasteiger partial charge in [0, 0.05) is 37.7 Å². The fourth-order valence-corrected chi connectivity index (χ4v) is 4.57. The number of benzene rings is 3. The summed E-state index contributed by atoms with van der Waals surface area (Å²) in [6, 6.07) is 29.6. The molecule has 2 nitrogen and oxygen atoms in total. The van der Waals surface area contributed by atoms with Gasteiger partial charge in [-0.1, -0.05) is 119 Å². The highest BCUT2D eigenvalue weighted by molar-refractivity contribution is 6.01. The SMILES string of the molecule is CCC(CC)CCC(=O)c1ccccc1N(C)C.CCCCC(c1ccccc1)c1ccccc1. The molecule has 0 aromatic heterocycles. The van der Waals surface area contributed by atoms with Gasteiger partial charge in [-0.15, -0.1) is 0 Å². The first-order chi connectivity index (χ1) is 17.0. The van der Waals surface area contributed by atoms with Gasteiger partial charge in [0.2, 0.25) is 0 Å². The topological polar surface area (TPSA) is 20.3 Å². The monoisotopic (exact) mass is 471 g/mol. The number of hydrogen-bond donors (Lipinski definition) is 0. The molecule has 3 aromatic rings. The summed E-state index contributed by atoms with van der Waals surface area (Å²) in [5.74, 6) is 1.50. The molecule has 2 heteroatoms. The van der Waals surface area contributed by atoms with Gasteiger partial charge in [0.25, 0.3) is 0 Å². The molecule has 0 atom stereocenters. The quantitative estimate of drug-likeness (QED) is 0.245. The molecule has 0 aliphatic rings. The molecule has 0 fully saturated rings.